The summed E-state index contributed by atoms with van der Waals surface area (Å²) in [5, 5.41) is 17.4. The summed E-state index contributed by atoms with van der Waals surface area (Å²) < 4.78 is 10.8. The van der Waals surface area contributed by atoms with E-state index < -0.39 is 0 Å². The predicted molar refractivity (Wildman–Crippen MR) is 88.9 cm³/mol. The van der Waals surface area contributed by atoms with Crippen LogP contribution in [0.25, 0.3) is 0 Å². The summed E-state index contributed by atoms with van der Waals surface area (Å²) in [5.41, 5.74) is 1.17. The second kappa shape index (κ2) is 9.22. The number of nitrogens with zero attached hydrogens (tertiary/aromatic N) is 2. The highest BCUT2D eigenvalue weighted by Gasteiger charge is 1.93. The van der Waals surface area contributed by atoms with Gasteiger partial charge in [0, 0.05) is 0 Å². The van der Waals surface area contributed by atoms with Gasteiger partial charge in [-0.05, 0) is 72.2 Å². The van der Waals surface area contributed by atoms with Gasteiger partial charge in [-0.2, -0.15) is 10.5 Å². The van der Waals surface area contributed by atoms with E-state index in [1.807, 2.05) is 12.1 Å². The van der Waals surface area contributed by atoms with Crippen molar-refractivity contribution in [1.29, 1.82) is 10.5 Å². The Labute approximate surface area is 140 Å². The van der Waals surface area contributed by atoms with E-state index >= 15 is 0 Å². The molecule has 0 amide bonds. The van der Waals surface area contributed by atoms with Crippen LogP contribution in [0.4, 0.5) is 0 Å². The molecule has 0 aliphatic heterocycles. The van der Waals surface area contributed by atoms with E-state index in [-0.39, 0.29) is 13.2 Å². The van der Waals surface area contributed by atoms with Gasteiger partial charge in [0.25, 0.3) is 0 Å². The van der Waals surface area contributed by atoms with E-state index in [4.69, 9.17) is 20.0 Å². The van der Waals surface area contributed by atoms with Crippen LogP contribution in [0, 0.1) is 46.3 Å². The summed E-state index contributed by atoms with van der Waals surface area (Å²) in [7, 11) is 0. The van der Waals surface area contributed by atoms with Crippen LogP contribution in [0.3, 0.4) is 0 Å². The topological polar surface area (TPSA) is 66.0 Å². The second-order valence-electron chi connectivity index (χ2n) is 4.45. The molecule has 0 aliphatic carbocycles. The summed E-state index contributed by atoms with van der Waals surface area (Å²) in [5.74, 6) is 12.2. The minimum atomic E-state index is 0.219. The van der Waals surface area contributed by atoms with Gasteiger partial charge in [-0.15, -0.1) is 0 Å². The first-order chi connectivity index (χ1) is 11.8. The van der Waals surface area contributed by atoms with Crippen molar-refractivity contribution in [1.82, 2.24) is 0 Å². The molecule has 0 heterocycles. The Balaban J connectivity index is 1.70. The molecule has 0 N–H and O–H groups in total. The fraction of sp³-hybridized carbons (Fsp3) is 0.100. The van der Waals surface area contributed by atoms with Crippen LogP contribution >= 0.6 is 0 Å². The average molecular weight is 312 g/mol. The molecular formula is C20H12N2O2. The largest absolute Gasteiger partial charge is 0.481 e. The van der Waals surface area contributed by atoms with E-state index in [0.717, 1.165) is 0 Å². The summed E-state index contributed by atoms with van der Waals surface area (Å²) in [4.78, 5) is 0. The zero-order valence-corrected chi connectivity index (χ0v) is 12.7. The van der Waals surface area contributed by atoms with Crippen molar-refractivity contribution in [3.8, 4) is 47.3 Å². The van der Waals surface area contributed by atoms with E-state index in [1.54, 1.807) is 48.5 Å². The first kappa shape index (κ1) is 16.5. The van der Waals surface area contributed by atoms with Gasteiger partial charge in [-0.3, -0.25) is 0 Å². The average Bonchev–Trinajstić information content (AvgIpc) is 2.65. The molecule has 0 saturated heterocycles. The predicted octanol–water partition coefficient (Wildman–Crippen LogP) is 2.89. The maximum absolute atomic E-state index is 8.69. The Morgan fingerprint density at radius 3 is 1.33 bits per heavy atom. The maximum Gasteiger partial charge on any atom is 0.150 e. The molecule has 0 bridgehead atoms. The molecule has 0 fully saturated rings. The Kier molecular flexibility index (Phi) is 6.34. The Morgan fingerprint density at radius 1 is 0.625 bits per heavy atom. The molecule has 2 rings (SSSR count). The number of hydrogen-bond acceptors (Lipinski definition) is 4. The lowest BCUT2D eigenvalue weighted by molar-refractivity contribution is 0.369. The minimum absolute atomic E-state index is 0.219. The molecule has 0 aromatic heterocycles. The van der Waals surface area contributed by atoms with Crippen molar-refractivity contribution in [2.24, 2.45) is 0 Å². The Morgan fingerprint density at radius 2 is 1.00 bits per heavy atom. The lowest BCUT2D eigenvalue weighted by atomic mass is 10.2. The summed E-state index contributed by atoms with van der Waals surface area (Å²) >= 11 is 0. The molecule has 2 aromatic rings. The summed E-state index contributed by atoms with van der Waals surface area (Å²) in [6.07, 6.45) is 0. The molecule has 4 heteroatoms. The normalized spacial score (nSPS) is 8.42. The smallest absolute Gasteiger partial charge is 0.150 e. The number of ether oxygens (including phenoxy) is 2. The van der Waals surface area contributed by atoms with Gasteiger partial charge in [0.2, 0.25) is 0 Å². The van der Waals surface area contributed by atoms with Crippen LogP contribution in [0.2, 0.25) is 0 Å². The Hall–Kier alpha value is -3.86. The van der Waals surface area contributed by atoms with Gasteiger partial charge >= 0.3 is 0 Å². The third kappa shape index (κ3) is 5.50. The van der Waals surface area contributed by atoms with Crippen molar-refractivity contribution < 1.29 is 9.47 Å². The monoisotopic (exact) mass is 312 g/mol. The van der Waals surface area contributed by atoms with Crippen molar-refractivity contribution in [2.45, 2.75) is 0 Å². The van der Waals surface area contributed by atoms with Crippen LogP contribution in [0.15, 0.2) is 48.5 Å². The number of hydrogen-bond donors (Lipinski definition) is 0. The van der Waals surface area contributed by atoms with E-state index in [1.165, 1.54) is 0 Å². The molecule has 0 aliphatic rings. The molecule has 4 nitrogen and oxygen atoms in total. The molecule has 24 heavy (non-hydrogen) atoms. The lowest BCUT2D eigenvalue weighted by Crippen LogP contribution is -1.94. The SMILES string of the molecule is N#Cc1ccc(OCC#CC#CCOc2ccc(C#N)cc2)cc1. The van der Waals surface area contributed by atoms with Gasteiger partial charge in [-0.1, -0.05) is 0 Å². The Bertz CT molecular complexity index is 801. The third-order valence-corrected chi connectivity index (χ3v) is 2.83. The molecule has 2 aromatic carbocycles. The summed E-state index contributed by atoms with van der Waals surface area (Å²) in [6, 6.07) is 17.7. The summed E-state index contributed by atoms with van der Waals surface area (Å²) in [6.45, 7) is 0.439. The number of benzene rings is 2. The van der Waals surface area contributed by atoms with Crippen molar-refractivity contribution in [3.63, 3.8) is 0 Å². The third-order valence-electron chi connectivity index (χ3n) is 2.83. The highest BCUT2D eigenvalue weighted by Crippen LogP contribution is 2.11. The fourth-order valence-electron chi connectivity index (χ4n) is 1.65. The van der Waals surface area contributed by atoms with E-state index in [9.17, 15) is 0 Å². The van der Waals surface area contributed by atoms with Gasteiger partial charge in [0.1, 0.15) is 24.7 Å². The van der Waals surface area contributed by atoms with Crippen molar-refractivity contribution in [2.75, 3.05) is 13.2 Å². The lowest BCUT2D eigenvalue weighted by Gasteiger charge is -2.00. The minimum Gasteiger partial charge on any atom is -0.481 e. The van der Waals surface area contributed by atoms with Crippen LogP contribution < -0.4 is 9.47 Å². The van der Waals surface area contributed by atoms with Crippen LogP contribution in [0.1, 0.15) is 11.1 Å². The van der Waals surface area contributed by atoms with Gasteiger partial charge in [-0.25, -0.2) is 0 Å². The van der Waals surface area contributed by atoms with Crippen LogP contribution in [-0.2, 0) is 0 Å². The molecule has 0 saturated carbocycles. The fourth-order valence-corrected chi connectivity index (χ4v) is 1.65. The number of rotatable bonds is 4. The molecule has 0 atom stereocenters. The molecular weight excluding hydrogens is 300 g/mol. The van der Waals surface area contributed by atoms with Crippen molar-refractivity contribution in [3.05, 3.63) is 59.7 Å². The molecule has 0 unspecified atom stereocenters. The van der Waals surface area contributed by atoms with Gasteiger partial charge in [0.05, 0.1) is 23.3 Å². The van der Waals surface area contributed by atoms with Gasteiger partial charge in [0.15, 0.2) is 0 Å². The van der Waals surface area contributed by atoms with Crippen LogP contribution in [0.5, 0.6) is 11.5 Å². The maximum atomic E-state index is 8.69. The zero-order valence-electron chi connectivity index (χ0n) is 12.7. The van der Waals surface area contributed by atoms with Crippen LogP contribution in [-0.4, -0.2) is 13.2 Å². The second-order valence-corrected chi connectivity index (χ2v) is 4.45. The highest BCUT2D eigenvalue weighted by atomic mass is 16.5. The zero-order chi connectivity index (χ0) is 17.0. The highest BCUT2D eigenvalue weighted by molar-refractivity contribution is 5.36. The molecule has 0 spiro atoms. The first-order valence-corrected chi connectivity index (χ1v) is 7.03. The molecule has 0 radical (unpaired) electrons. The number of nitriles is 2. The quantitative estimate of drug-likeness (QED) is 0.814. The van der Waals surface area contributed by atoms with Crippen molar-refractivity contribution >= 4 is 0 Å². The standard InChI is InChI=1S/C20H12N2O2/c21-15-17-5-9-19(10-6-17)23-13-3-1-2-4-14-24-20-11-7-18(16-22)8-12-20/h5-12H,13-14H2. The molecule has 114 valence electrons. The van der Waals surface area contributed by atoms with E-state index in [2.05, 4.69) is 23.7 Å². The van der Waals surface area contributed by atoms with Gasteiger partial charge < -0.3 is 9.47 Å². The van der Waals surface area contributed by atoms with E-state index in [0.29, 0.717) is 22.6 Å². The first-order valence-electron chi connectivity index (χ1n) is 7.03.